The van der Waals surface area contributed by atoms with Crippen molar-refractivity contribution < 1.29 is 18.6 Å². The summed E-state index contributed by atoms with van der Waals surface area (Å²) < 4.78 is 28.6. The molecule has 2 aromatic carbocycles. The highest BCUT2D eigenvalue weighted by atomic mass is 35.5. The van der Waals surface area contributed by atoms with E-state index in [1.807, 2.05) is 6.07 Å². The second kappa shape index (κ2) is 8.37. The van der Waals surface area contributed by atoms with Crippen LogP contribution in [0, 0.1) is 11.3 Å². The number of hydrogen-bond acceptors (Lipinski definition) is 6. The Morgan fingerprint density at radius 1 is 1.32 bits per heavy atom. The van der Waals surface area contributed by atoms with Gasteiger partial charge in [-0.25, -0.2) is 4.99 Å². The van der Waals surface area contributed by atoms with Crippen LogP contribution in [0.15, 0.2) is 47.5 Å². The van der Waals surface area contributed by atoms with Crippen LogP contribution in [0.5, 0.6) is 11.5 Å². The first-order chi connectivity index (χ1) is 13.5. The molecule has 7 nitrogen and oxygen atoms in total. The number of aromatic nitrogens is 2. The van der Waals surface area contributed by atoms with Gasteiger partial charge in [0.1, 0.15) is 17.5 Å². The van der Waals surface area contributed by atoms with Gasteiger partial charge in [0.2, 0.25) is 0 Å². The van der Waals surface area contributed by atoms with Crippen LogP contribution in [0.2, 0.25) is 5.02 Å². The first kappa shape index (κ1) is 19.1. The molecule has 1 heterocycles. The highest BCUT2D eigenvalue weighted by molar-refractivity contribution is 6.30. The van der Waals surface area contributed by atoms with Crippen LogP contribution in [0.1, 0.15) is 11.1 Å². The smallest absolute Gasteiger partial charge is 0.387 e. The molecule has 0 aliphatic heterocycles. The van der Waals surface area contributed by atoms with Crippen molar-refractivity contribution in [1.82, 2.24) is 10.2 Å². The number of nitriles is 1. The summed E-state index contributed by atoms with van der Waals surface area (Å²) in [5.41, 5.74) is 1.22. The van der Waals surface area contributed by atoms with E-state index in [4.69, 9.17) is 11.6 Å². The standard InChI is InChI=1S/C18H12ClF2N5O2/c19-11-2-1-3-12(7-11)24-17-13(8-22)16(25-26-17)23-9-10-4-5-15(14(27)6-10)28-18(20)21/h1-7,9,18,27H,(H2,24,25,26). The molecule has 3 aromatic rings. The highest BCUT2D eigenvalue weighted by Crippen LogP contribution is 2.29. The van der Waals surface area contributed by atoms with Crippen LogP contribution in [-0.2, 0) is 0 Å². The third-order valence-corrected chi connectivity index (χ3v) is 3.72. The molecule has 142 valence electrons. The number of phenolic OH excluding ortho intramolecular Hbond substituents is 1. The van der Waals surface area contributed by atoms with Crippen molar-refractivity contribution in [3.05, 3.63) is 58.6 Å². The van der Waals surface area contributed by atoms with Crippen molar-refractivity contribution in [2.24, 2.45) is 4.99 Å². The molecule has 3 N–H and O–H groups in total. The van der Waals surface area contributed by atoms with E-state index in [0.717, 1.165) is 0 Å². The minimum atomic E-state index is -3.04. The quantitative estimate of drug-likeness (QED) is 0.515. The Morgan fingerprint density at radius 2 is 2.14 bits per heavy atom. The maximum Gasteiger partial charge on any atom is 0.387 e. The SMILES string of the molecule is N#Cc1c(N=Cc2ccc(OC(F)F)c(O)c2)n[nH]c1Nc1cccc(Cl)c1. The summed E-state index contributed by atoms with van der Waals surface area (Å²) in [6.45, 7) is -3.04. The number of rotatable bonds is 6. The lowest BCUT2D eigenvalue weighted by Crippen LogP contribution is -2.02. The number of anilines is 2. The van der Waals surface area contributed by atoms with Crippen molar-refractivity contribution in [3.8, 4) is 17.6 Å². The third kappa shape index (κ3) is 4.55. The zero-order chi connectivity index (χ0) is 20.1. The number of benzene rings is 2. The summed E-state index contributed by atoms with van der Waals surface area (Å²) in [7, 11) is 0. The fourth-order valence-electron chi connectivity index (χ4n) is 2.28. The summed E-state index contributed by atoms with van der Waals surface area (Å²) in [6, 6.07) is 12.7. The van der Waals surface area contributed by atoms with Crippen molar-refractivity contribution in [2.45, 2.75) is 6.61 Å². The molecule has 0 spiro atoms. The van der Waals surface area contributed by atoms with Crippen LogP contribution in [0.3, 0.4) is 0 Å². The fraction of sp³-hybridized carbons (Fsp3) is 0.0556. The molecular formula is C18H12ClF2N5O2. The van der Waals surface area contributed by atoms with E-state index < -0.39 is 12.4 Å². The molecule has 0 fully saturated rings. The molecule has 0 saturated carbocycles. The predicted octanol–water partition coefficient (Wildman–Crippen LogP) is 4.74. The number of hydrogen-bond donors (Lipinski definition) is 3. The van der Waals surface area contributed by atoms with Crippen LogP contribution in [-0.4, -0.2) is 28.1 Å². The van der Waals surface area contributed by atoms with Crippen LogP contribution >= 0.6 is 11.6 Å². The summed E-state index contributed by atoms with van der Waals surface area (Å²) in [6.07, 6.45) is 1.33. The van der Waals surface area contributed by atoms with E-state index in [9.17, 15) is 19.1 Å². The minimum Gasteiger partial charge on any atom is -0.504 e. The molecule has 1 aromatic heterocycles. The maximum atomic E-state index is 12.2. The lowest BCUT2D eigenvalue weighted by atomic mass is 10.2. The molecule has 0 saturated heterocycles. The van der Waals surface area contributed by atoms with E-state index in [-0.39, 0.29) is 17.1 Å². The van der Waals surface area contributed by atoms with Crippen LogP contribution in [0.4, 0.5) is 26.1 Å². The maximum absolute atomic E-state index is 12.2. The summed E-state index contributed by atoms with van der Waals surface area (Å²) in [4.78, 5) is 4.10. The number of phenols is 1. The first-order valence-electron chi connectivity index (χ1n) is 7.79. The summed E-state index contributed by atoms with van der Waals surface area (Å²) >= 11 is 5.93. The molecule has 28 heavy (non-hydrogen) atoms. The number of H-pyrrole nitrogens is 1. The molecule has 10 heteroatoms. The normalized spacial score (nSPS) is 11.0. The average Bonchev–Trinajstić information content (AvgIpc) is 3.03. The number of aromatic amines is 1. The van der Waals surface area contributed by atoms with Gasteiger partial charge in [0.25, 0.3) is 0 Å². The predicted molar refractivity (Wildman–Crippen MR) is 100 cm³/mol. The van der Waals surface area contributed by atoms with E-state index in [0.29, 0.717) is 22.1 Å². The average molecular weight is 404 g/mol. The Balaban J connectivity index is 1.80. The zero-order valence-corrected chi connectivity index (χ0v) is 14.8. The molecule has 0 aliphatic carbocycles. The third-order valence-electron chi connectivity index (χ3n) is 3.49. The number of halogens is 3. The molecule has 0 aliphatic rings. The van der Waals surface area contributed by atoms with Crippen molar-refractivity contribution in [2.75, 3.05) is 5.32 Å². The van der Waals surface area contributed by atoms with E-state index in [2.05, 4.69) is 25.2 Å². The molecule has 0 bridgehead atoms. The van der Waals surface area contributed by atoms with Gasteiger partial charge in [-0.1, -0.05) is 17.7 Å². The molecule has 3 rings (SSSR count). The van der Waals surface area contributed by atoms with E-state index in [1.165, 1.54) is 24.4 Å². The van der Waals surface area contributed by atoms with E-state index in [1.54, 1.807) is 24.3 Å². The Hall–Kier alpha value is -3.64. The number of nitrogens with one attached hydrogen (secondary N) is 2. The number of ether oxygens (including phenoxy) is 1. The summed E-state index contributed by atoms with van der Waals surface area (Å²) in [5, 5.41) is 29.3. The molecule has 0 amide bonds. The number of aliphatic imine (C=N–C) groups is 1. The number of aromatic hydroxyl groups is 1. The van der Waals surface area contributed by atoms with Gasteiger partial charge in [0.15, 0.2) is 17.3 Å². The zero-order valence-electron chi connectivity index (χ0n) is 14.0. The van der Waals surface area contributed by atoms with Gasteiger partial charge in [-0.05, 0) is 42.0 Å². The van der Waals surface area contributed by atoms with Gasteiger partial charge in [0.05, 0.1) is 0 Å². The molecule has 0 radical (unpaired) electrons. The largest absolute Gasteiger partial charge is 0.504 e. The lowest BCUT2D eigenvalue weighted by Gasteiger charge is -2.06. The van der Waals surface area contributed by atoms with Crippen LogP contribution < -0.4 is 10.1 Å². The van der Waals surface area contributed by atoms with Crippen molar-refractivity contribution in [1.29, 1.82) is 5.26 Å². The molecule has 0 unspecified atom stereocenters. The Morgan fingerprint density at radius 3 is 2.82 bits per heavy atom. The van der Waals surface area contributed by atoms with Gasteiger partial charge in [-0.3, -0.25) is 5.10 Å². The monoisotopic (exact) mass is 403 g/mol. The van der Waals surface area contributed by atoms with Gasteiger partial charge >= 0.3 is 6.61 Å². The van der Waals surface area contributed by atoms with Gasteiger partial charge < -0.3 is 15.2 Å². The number of nitrogens with zero attached hydrogens (tertiary/aromatic N) is 3. The lowest BCUT2D eigenvalue weighted by molar-refractivity contribution is -0.0512. The van der Waals surface area contributed by atoms with Gasteiger partial charge in [-0.15, -0.1) is 0 Å². The van der Waals surface area contributed by atoms with Crippen LogP contribution in [0.25, 0.3) is 0 Å². The minimum absolute atomic E-state index is 0.111. The summed E-state index contributed by atoms with van der Waals surface area (Å²) in [5.74, 6) is -0.368. The Labute approximate surface area is 162 Å². The Kier molecular flexibility index (Phi) is 5.72. The van der Waals surface area contributed by atoms with Crippen molar-refractivity contribution >= 4 is 35.1 Å². The molecular weight excluding hydrogens is 392 g/mol. The topological polar surface area (TPSA) is 106 Å². The second-order valence-electron chi connectivity index (χ2n) is 5.41. The number of alkyl halides is 2. The highest BCUT2D eigenvalue weighted by Gasteiger charge is 2.13. The van der Waals surface area contributed by atoms with Crippen molar-refractivity contribution in [3.63, 3.8) is 0 Å². The fourth-order valence-corrected chi connectivity index (χ4v) is 2.47. The van der Waals surface area contributed by atoms with Gasteiger partial charge in [0, 0.05) is 16.9 Å². The van der Waals surface area contributed by atoms with E-state index >= 15 is 0 Å². The first-order valence-corrected chi connectivity index (χ1v) is 8.17. The molecule has 0 atom stereocenters. The Bertz CT molecular complexity index is 1060. The second-order valence-corrected chi connectivity index (χ2v) is 5.84. The van der Waals surface area contributed by atoms with Gasteiger partial charge in [-0.2, -0.15) is 19.1 Å².